The fraction of sp³-hybridized carbons (Fsp3) is 0.450. The minimum atomic E-state index is 0. The van der Waals surface area contributed by atoms with Crippen LogP contribution in [0.3, 0.4) is 0 Å². The summed E-state index contributed by atoms with van der Waals surface area (Å²) in [6.07, 6.45) is 0.989. The second kappa shape index (κ2) is 9.76. The van der Waals surface area contributed by atoms with Crippen molar-refractivity contribution in [1.82, 2.24) is 20.1 Å². The number of aryl methyl sites for hydroxylation is 1. The SMILES string of the molecule is Cc1cc(C(=O)NCCCN2CCNCC2)c(C)n1-c1ccccc1.Cl. The number of para-hydroxylation sites is 1. The zero-order valence-corrected chi connectivity index (χ0v) is 16.4. The standard InChI is InChI=1S/C20H28N4O.ClH/c1-16-15-19(17(2)24(16)18-7-4-3-5-8-18)20(25)22-9-6-12-23-13-10-21-11-14-23;/h3-5,7-8,15,21H,6,9-14H2,1-2H3,(H,22,25);1H. The Bertz CT molecular complexity index is 708. The Morgan fingerprint density at radius 2 is 1.85 bits per heavy atom. The first-order chi connectivity index (χ1) is 12.2. The monoisotopic (exact) mass is 376 g/mol. The van der Waals surface area contributed by atoms with Crippen molar-refractivity contribution in [3.05, 3.63) is 53.3 Å². The Morgan fingerprint density at radius 1 is 1.15 bits per heavy atom. The number of carbonyl (C=O) groups is 1. The van der Waals surface area contributed by atoms with Gasteiger partial charge < -0.3 is 20.1 Å². The number of amides is 1. The van der Waals surface area contributed by atoms with Gasteiger partial charge in [0.2, 0.25) is 0 Å². The topological polar surface area (TPSA) is 49.3 Å². The van der Waals surface area contributed by atoms with Gasteiger partial charge in [-0.25, -0.2) is 0 Å². The van der Waals surface area contributed by atoms with Crippen LogP contribution in [0.25, 0.3) is 5.69 Å². The molecule has 2 heterocycles. The maximum Gasteiger partial charge on any atom is 0.253 e. The number of nitrogens with zero attached hydrogens (tertiary/aromatic N) is 2. The number of rotatable bonds is 6. The van der Waals surface area contributed by atoms with Crippen molar-refractivity contribution in [2.45, 2.75) is 20.3 Å². The van der Waals surface area contributed by atoms with Gasteiger partial charge in [-0.05, 0) is 45.0 Å². The molecule has 0 saturated carbocycles. The molecule has 142 valence electrons. The first-order valence-corrected chi connectivity index (χ1v) is 9.12. The van der Waals surface area contributed by atoms with Crippen LogP contribution in [0.15, 0.2) is 36.4 Å². The minimum absolute atomic E-state index is 0. The molecular weight excluding hydrogens is 348 g/mol. The van der Waals surface area contributed by atoms with Gasteiger partial charge >= 0.3 is 0 Å². The number of piperazine rings is 1. The average molecular weight is 377 g/mol. The molecule has 0 atom stereocenters. The van der Waals surface area contributed by atoms with Gasteiger partial charge in [0, 0.05) is 49.8 Å². The van der Waals surface area contributed by atoms with Crippen LogP contribution in [-0.4, -0.2) is 54.6 Å². The van der Waals surface area contributed by atoms with Crippen molar-refractivity contribution in [1.29, 1.82) is 0 Å². The lowest BCUT2D eigenvalue weighted by atomic mass is 10.2. The van der Waals surface area contributed by atoms with Crippen LogP contribution in [0.4, 0.5) is 0 Å². The highest BCUT2D eigenvalue weighted by molar-refractivity contribution is 5.95. The van der Waals surface area contributed by atoms with Crippen molar-refractivity contribution in [3.8, 4) is 5.69 Å². The number of hydrogen-bond donors (Lipinski definition) is 2. The van der Waals surface area contributed by atoms with Gasteiger partial charge in [-0.1, -0.05) is 18.2 Å². The van der Waals surface area contributed by atoms with Crippen molar-refractivity contribution in [2.24, 2.45) is 0 Å². The van der Waals surface area contributed by atoms with E-state index in [1.54, 1.807) is 0 Å². The smallest absolute Gasteiger partial charge is 0.253 e. The molecule has 2 aromatic rings. The Labute approximate surface area is 162 Å². The highest BCUT2D eigenvalue weighted by atomic mass is 35.5. The number of nitrogens with one attached hydrogen (secondary N) is 2. The van der Waals surface area contributed by atoms with Gasteiger partial charge in [0.05, 0.1) is 5.56 Å². The second-order valence-electron chi connectivity index (χ2n) is 6.66. The van der Waals surface area contributed by atoms with E-state index < -0.39 is 0 Å². The third kappa shape index (κ3) is 4.87. The number of carbonyl (C=O) groups excluding carboxylic acids is 1. The number of hydrogen-bond acceptors (Lipinski definition) is 3. The summed E-state index contributed by atoms with van der Waals surface area (Å²) >= 11 is 0. The fourth-order valence-corrected chi connectivity index (χ4v) is 3.50. The van der Waals surface area contributed by atoms with E-state index in [-0.39, 0.29) is 18.3 Å². The third-order valence-corrected chi connectivity index (χ3v) is 4.84. The van der Waals surface area contributed by atoms with E-state index in [0.29, 0.717) is 0 Å². The Hall–Kier alpha value is -1.82. The normalized spacial score (nSPS) is 14.7. The van der Waals surface area contributed by atoms with Crippen molar-refractivity contribution >= 4 is 18.3 Å². The molecule has 0 bridgehead atoms. The maximum absolute atomic E-state index is 12.6. The van der Waals surface area contributed by atoms with Crippen molar-refractivity contribution < 1.29 is 4.79 Å². The van der Waals surface area contributed by atoms with Gasteiger partial charge in [-0.2, -0.15) is 0 Å². The largest absolute Gasteiger partial charge is 0.352 e. The molecule has 0 spiro atoms. The highest BCUT2D eigenvalue weighted by Crippen LogP contribution is 2.20. The first kappa shape index (κ1) is 20.5. The van der Waals surface area contributed by atoms with E-state index >= 15 is 0 Å². The summed E-state index contributed by atoms with van der Waals surface area (Å²) < 4.78 is 2.13. The van der Waals surface area contributed by atoms with E-state index in [4.69, 9.17) is 0 Å². The summed E-state index contributed by atoms with van der Waals surface area (Å²) in [5.41, 5.74) is 3.93. The molecule has 26 heavy (non-hydrogen) atoms. The van der Waals surface area contributed by atoms with Crippen LogP contribution in [0, 0.1) is 13.8 Å². The second-order valence-corrected chi connectivity index (χ2v) is 6.66. The van der Waals surface area contributed by atoms with Crippen LogP contribution in [0.1, 0.15) is 28.2 Å². The zero-order chi connectivity index (χ0) is 17.6. The van der Waals surface area contributed by atoms with Gasteiger partial charge in [0.25, 0.3) is 5.91 Å². The first-order valence-electron chi connectivity index (χ1n) is 9.12. The van der Waals surface area contributed by atoms with Crippen molar-refractivity contribution in [3.63, 3.8) is 0 Å². The minimum Gasteiger partial charge on any atom is -0.352 e. The predicted molar refractivity (Wildman–Crippen MR) is 109 cm³/mol. The molecule has 5 nitrogen and oxygen atoms in total. The molecule has 3 rings (SSSR count). The van der Waals surface area contributed by atoms with Crippen LogP contribution in [0.2, 0.25) is 0 Å². The molecular formula is C20H29ClN4O. The molecule has 1 amide bonds. The summed E-state index contributed by atoms with van der Waals surface area (Å²) in [6, 6.07) is 12.1. The van der Waals surface area contributed by atoms with Crippen molar-refractivity contribution in [2.75, 3.05) is 39.3 Å². The summed E-state index contributed by atoms with van der Waals surface area (Å²) in [7, 11) is 0. The Morgan fingerprint density at radius 3 is 2.54 bits per heavy atom. The molecule has 1 aliphatic heterocycles. The molecule has 6 heteroatoms. The molecule has 1 aliphatic rings. The number of benzene rings is 1. The molecule has 2 N–H and O–H groups in total. The van der Waals surface area contributed by atoms with E-state index in [1.165, 1.54) is 0 Å². The fourth-order valence-electron chi connectivity index (χ4n) is 3.50. The average Bonchev–Trinajstić information content (AvgIpc) is 2.94. The van der Waals surface area contributed by atoms with E-state index in [9.17, 15) is 4.79 Å². The van der Waals surface area contributed by atoms with Crippen LogP contribution >= 0.6 is 12.4 Å². The molecule has 0 radical (unpaired) electrons. The maximum atomic E-state index is 12.6. The quantitative estimate of drug-likeness (QED) is 0.762. The van der Waals surface area contributed by atoms with Gasteiger partial charge in [-0.3, -0.25) is 4.79 Å². The highest BCUT2D eigenvalue weighted by Gasteiger charge is 2.16. The summed E-state index contributed by atoms with van der Waals surface area (Å²) in [4.78, 5) is 15.0. The molecule has 1 aromatic heterocycles. The van der Waals surface area contributed by atoms with Crippen LogP contribution < -0.4 is 10.6 Å². The molecule has 1 saturated heterocycles. The predicted octanol–water partition coefficient (Wildman–Crippen LogP) is 2.54. The Kier molecular flexibility index (Phi) is 7.69. The summed E-state index contributed by atoms with van der Waals surface area (Å²) in [6.45, 7) is 10.2. The molecule has 0 aliphatic carbocycles. The number of aromatic nitrogens is 1. The van der Waals surface area contributed by atoms with Gasteiger partial charge in [-0.15, -0.1) is 12.4 Å². The lowest BCUT2D eigenvalue weighted by molar-refractivity contribution is 0.0950. The zero-order valence-electron chi connectivity index (χ0n) is 15.6. The van der Waals surface area contributed by atoms with E-state index in [1.807, 2.05) is 38.1 Å². The summed E-state index contributed by atoms with van der Waals surface area (Å²) in [5, 5.41) is 6.44. The van der Waals surface area contributed by atoms with Crippen LogP contribution in [-0.2, 0) is 0 Å². The van der Waals surface area contributed by atoms with Gasteiger partial charge in [0.15, 0.2) is 0 Å². The van der Waals surface area contributed by atoms with Gasteiger partial charge in [0.1, 0.15) is 0 Å². The summed E-state index contributed by atoms with van der Waals surface area (Å²) in [5.74, 6) is 0.0237. The lowest BCUT2D eigenvalue weighted by Gasteiger charge is -2.27. The molecule has 1 aromatic carbocycles. The molecule has 0 unspecified atom stereocenters. The Balaban J connectivity index is 0.00000243. The lowest BCUT2D eigenvalue weighted by Crippen LogP contribution is -2.44. The third-order valence-electron chi connectivity index (χ3n) is 4.84. The van der Waals surface area contributed by atoms with E-state index in [0.717, 1.165) is 68.3 Å². The van der Waals surface area contributed by atoms with Crippen LogP contribution in [0.5, 0.6) is 0 Å². The number of halogens is 1. The molecule has 1 fully saturated rings. The van der Waals surface area contributed by atoms with E-state index in [2.05, 4.69) is 32.2 Å².